The Morgan fingerprint density at radius 3 is 2.70 bits per heavy atom. The van der Waals surface area contributed by atoms with E-state index in [1.54, 1.807) is 0 Å². The summed E-state index contributed by atoms with van der Waals surface area (Å²) < 4.78 is 0. The number of rotatable bonds is 6. The topological polar surface area (TPSA) is 60.0 Å². The van der Waals surface area contributed by atoms with Crippen molar-refractivity contribution in [1.29, 1.82) is 0 Å². The summed E-state index contributed by atoms with van der Waals surface area (Å²) in [5, 5.41) is 6.62. The van der Waals surface area contributed by atoms with Crippen LogP contribution in [0.5, 0.6) is 0 Å². The van der Waals surface area contributed by atoms with Gasteiger partial charge in [0.15, 0.2) is 5.96 Å². The van der Waals surface area contributed by atoms with Crippen molar-refractivity contribution >= 4 is 17.6 Å². The van der Waals surface area contributed by atoms with Gasteiger partial charge in [-0.3, -0.25) is 4.79 Å². The van der Waals surface area contributed by atoms with Crippen LogP contribution < -0.4 is 15.5 Å². The second-order valence-corrected chi connectivity index (χ2v) is 7.30. The van der Waals surface area contributed by atoms with Crippen LogP contribution in [0.3, 0.4) is 0 Å². The summed E-state index contributed by atoms with van der Waals surface area (Å²) in [6.45, 7) is 8.06. The SMILES string of the molecule is CCNC(=NCC(=O)N1CCCc2ccccc21)NCCN1CCCCC1. The first kappa shape index (κ1) is 19.7. The summed E-state index contributed by atoms with van der Waals surface area (Å²) in [6.07, 6.45) is 6.03. The molecule has 0 unspecified atom stereocenters. The van der Waals surface area contributed by atoms with Crippen LogP contribution in [0.2, 0.25) is 0 Å². The van der Waals surface area contributed by atoms with Crippen molar-refractivity contribution in [1.82, 2.24) is 15.5 Å². The van der Waals surface area contributed by atoms with Gasteiger partial charge in [0, 0.05) is 31.9 Å². The first-order valence-corrected chi connectivity index (χ1v) is 10.4. The molecule has 2 N–H and O–H groups in total. The molecule has 3 rings (SSSR count). The van der Waals surface area contributed by atoms with E-state index < -0.39 is 0 Å². The monoisotopic (exact) mass is 371 g/mol. The molecule has 0 saturated carbocycles. The molecule has 1 saturated heterocycles. The normalized spacial score (nSPS) is 18.1. The van der Waals surface area contributed by atoms with E-state index in [1.807, 2.05) is 30.0 Å². The number of carbonyl (C=O) groups excluding carboxylic acids is 1. The Morgan fingerprint density at radius 1 is 1.07 bits per heavy atom. The van der Waals surface area contributed by atoms with Crippen molar-refractivity contribution in [3.05, 3.63) is 29.8 Å². The largest absolute Gasteiger partial charge is 0.357 e. The third-order valence-electron chi connectivity index (χ3n) is 5.30. The molecule has 148 valence electrons. The number of carbonyl (C=O) groups is 1. The van der Waals surface area contributed by atoms with Crippen molar-refractivity contribution in [2.75, 3.05) is 50.7 Å². The quantitative estimate of drug-likeness (QED) is 0.593. The summed E-state index contributed by atoms with van der Waals surface area (Å²) in [4.78, 5) is 21.7. The Morgan fingerprint density at radius 2 is 1.89 bits per heavy atom. The molecule has 0 radical (unpaired) electrons. The zero-order valence-corrected chi connectivity index (χ0v) is 16.5. The third kappa shape index (κ3) is 5.70. The van der Waals surface area contributed by atoms with E-state index in [0.29, 0.717) is 0 Å². The molecule has 2 heterocycles. The predicted molar refractivity (Wildman–Crippen MR) is 111 cm³/mol. The van der Waals surface area contributed by atoms with Crippen LogP contribution in [0.15, 0.2) is 29.3 Å². The fourth-order valence-electron chi connectivity index (χ4n) is 3.88. The van der Waals surface area contributed by atoms with Gasteiger partial charge in [-0.25, -0.2) is 4.99 Å². The first-order chi connectivity index (χ1) is 13.3. The number of para-hydroxylation sites is 1. The maximum Gasteiger partial charge on any atom is 0.248 e. The van der Waals surface area contributed by atoms with E-state index in [0.717, 1.165) is 50.7 Å². The zero-order valence-electron chi connectivity index (χ0n) is 16.5. The van der Waals surface area contributed by atoms with Gasteiger partial charge in [0.25, 0.3) is 0 Å². The Labute approximate surface area is 163 Å². The third-order valence-corrected chi connectivity index (χ3v) is 5.30. The number of hydrogen-bond acceptors (Lipinski definition) is 3. The van der Waals surface area contributed by atoms with Gasteiger partial charge in [0.2, 0.25) is 5.91 Å². The lowest BCUT2D eigenvalue weighted by Gasteiger charge is -2.29. The molecule has 1 aromatic rings. The second kappa shape index (κ2) is 10.3. The molecule has 1 fully saturated rings. The standard InChI is InChI=1S/C21H33N5O/c1-2-22-21(23-12-16-25-13-6-3-7-14-25)24-17-20(27)26-15-8-10-18-9-4-5-11-19(18)26/h4-5,9,11H,2-3,6-8,10,12-17H2,1H3,(H2,22,23,24). The van der Waals surface area contributed by atoms with Gasteiger partial charge in [0.05, 0.1) is 0 Å². The highest BCUT2D eigenvalue weighted by molar-refractivity contribution is 5.97. The molecular formula is C21H33N5O. The van der Waals surface area contributed by atoms with Gasteiger partial charge in [-0.1, -0.05) is 24.6 Å². The highest BCUT2D eigenvalue weighted by atomic mass is 16.2. The number of guanidine groups is 1. The Balaban J connectivity index is 1.52. The lowest BCUT2D eigenvalue weighted by molar-refractivity contribution is -0.117. The van der Waals surface area contributed by atoms with E-state index in [-0.39, 0.29) is 12.5 Å². The first-order valence-electron chi connectivity index (χ1n) is 10.4. The summed E-state index contributed by atoms with van der Waals surface area (Å²) >= 11 is 0. The van der Waals surface area contributed by atoms with E-state index in [4.69, 9.17) is 0 Å². The van der Waals surface area contributed by atoms with Gasteiger partial charge >= 0.3 is 0 Å². The minimum absolute atomic E-state index is 0.0652. The predicted octanol–water partition coefficient (Wildman–Crippen LogP) is 2.01. The molecule has 27 heavy (non-hydrogen) atoms. The fraction of sp³-hybridized carbons (Fsp3) is 0.619. The minimum Gasteiger partial charge on any atom is -0.357 e. The van der Waals surface area contributed by atoms with Crippen molar-refractivity contribution < 1.29 is 4.79 Å². The molecular weight excluding hydrogens is 338 g/mol. The number of aliphatic imine (C=N–C) groups is 1. The molecule has 6 heteroatoms. The maximum atomic E-state index is 12.7. The second-order valence-electron chi connectivity index (χ2n) is 7.30. The lowest BCUT2D eigenvalue weighted by atomic mass is 10.0. The minimum atomic E-state index is 0.0652. The van der Waals surface area contributed by atoms with Gasteiger partial charge in [-0.15, -0.1) is 0 Å². The average Bonchev–Trinajstić information content (AvgIpc) is 2.72. The van der Waals surface area contributed by atoms with Crippen LogP contribution in [-0.2, 0) is 11.2 Å². The number of hydrogen-bond donors (Lipinski definition) is 2. The summed E-state index contributed by atoms with van der Waals surface area (Å²) in [5.74, 6) is 0.795. The van der Waals surface area contributed by atoms with Gasteiger partial charge in [-0.2, -0.15) is 0 Å². The van der Waals surface area contributed by atoms with Gasteiger partial charge in [0.1, 0.15) is 6.54 Å². The Hall–Kier alpha value is -2.08. The number of anilines is 1. The molecule has 1 aromatic carbocycles. The zero-order chi connectivity index (χ0) is 18.9. The number of nitrogens with one attached hydrogen (secondary N) is 2. The summed E-state index contributed by atoms with van der Waals surface area (Å²) in [7, 11) is 0. The number of aryl methyl sites for hydroxylation is 1. The van der Waals surface area contributed by atoms with Crippen LogP contribution >= 0.6 is 0 Å². The summed E-state index contributed by atoms with van der Waals surface area (Å²) in [6, 6.07) is 8.20. The molecule has 1 amide bonds. The number of likely N-dealkylation sites (tertiary alicyclic amines) is 1. The highest BCUT2D eigenvalue weighted by Gasteiger charge is 2.21. The molecule has 0 spiro atoms. The van der Waals surface area contributed by atoms with Crippen molar-refractivity contribution in [3.63, 3.8) is 0 Å². The van der Waals surface area contributed by atoms with Crippen molar-refractivity contribution in [2.45, 2.75) is 39.0 Å². The molecule has 6 nitrogen and oxygen atoms in total. The van der Waals surface area contributed by atoms with Crippen molar-refractivity contribution in [3.8, 4) is 0 Å². The van der Waals surface area contributed by atoms with Crippen LogP contribution in [0.4, 0.5) is 5.69 Å². The van der Waals surface area contributed by atoms with E-state index in [9.17, 15) is 4.79 Å². The van der Waals surface area contributed by atoms with Crippen LogP contribution in [-0.4, -0.2) is 62.6 Å². The lowest BCUT2D eigenvalue weighted by Crippen LogP contribution is -2.43. The number of amides is 1. The molecule has 2 aliphatic heterocycles. The number of benzene rings is 1. The molecule has 0 bridgehead atoms. The number of piperidine rings is 1. The molecule has 0 atom stereocenters. The van der Waals surface area contributed by atoms with Gasteiger partial charge in [-0.05, 0) is 57.3 Å². The Kier molecular flexibility index (Phi) is 7.51. The molecule has 0 aromatic heterocycles. The van der Waals surface area contributed by atoms with Crippen LogP contribution in [0.25, 0.3) is 0 Å². The summed E-state index contributed by atoms with van der Waals surface area (Å²) in [5.41, 5.74) is 2.31. The molecule has 0 aliphatic carbocycles. The van der Waals surface area contributed by atoms with E-state index in [1.165, 1.54) is 37.9 Å². The Bertz CT molecular complexity index is 639. The average molecular weight is 372 g/mol. The van der Waals surface area contributed by atoms with E-state index in [2.05, 4.69) is 26.6 Å². The van der Waals surface area contributed by atoms with Crippen LogP contribution in [0.1, 0.15) is 38.2 Å². The highest BCUT2D eigenvalue weighted by Crippen LogP contribution is 2.26. The molecule has 2 aliphatic rings. The maximum absolute atomic E-state index is 12.7. The van der Waals surface area contributed by atoms with E-state index >= 15 is 0 Å². The number of nitrogens with zero attached hydrogens (tertiary/aromatic N) is 3. The van der Waals surface area contributed by atoms with Crippen molar-refractivity contribution in [2.24, 2.45) is 4.99 Å². The van der Waals surface area contributed by atoms with Gasteiger partial charge < -0.3 is 20.4 Å². The number of fused-ring (bicyclic) bond motifs is 1. The smallest absolute Gasteiger partial charge is 0.248 e. The van der Waals surface area contributed by atoms with Crippen LogP contribution in [0, 0.1) is 0 Å². The fourth-order valence-corrected chi connectivity index (χ4v) is 3.88.